The Kier molecular flexibility index (Phi) is 6.72. The van der Waals surface area contributed by atoms with Crippen LogP contribution in [0.15, 0.2) is 78.9 Å². The zero-order valence-corrected chi connectivity index (χ0v) is 15.4. The highest BCUT2D eigenvalue weighted by Gasteiger charge is 2.09. The van der Waals surface area contributed by atoms with Crippen molar-refractivity contribution in [2.45, 2.75) is 32.8 Å². The van der Waals surface area contributed by atoms with E-state index in [2.05, 4.69) is 55.5 Å². The number of unbranched alkanes of at least 4 members (excludes halogenated alkanes) is 2. The van der Waals surface area contributed by atoms with Gasteiger partial charge in [0, 0.05) is 0 Å². The lowest BCUT2D eigenvalue weighted by Crippen LogP contribution is -2.02. The van der Waals surface area contributed by atoms with E-state index in [0.717, 1.165) is 29.0 Å². The molecule has 3 aromatic carbocycles. The Morgan fingerprint density at radius 2 is 1.38 bits per heavy atom. The molecule has 3 rings (SSSR count). The van der Waals surface area contributed by atoms with Gasteiger partial charge in [0.25, 0.3) is 0 Å². The standard InChI is InChI=1S/C24H26O2/c1-2-3-10-17-25-24-18-22(21-13-8-5-9-14-21)15-16-23(24)26-19-20-11-6-4-7-12-20/h4-9,11-16,18H,2-3,10,17,19H2,1H3. The largest absolute Gasteiger partial charge is 0.490 e. The third-order valence-corrected chi connectivity index (χ3v) is 4.29. The lowest BCUT2D eigenvalue weighted by molar-refractivity contribution is 0.258. The molecule has 0 radical (unpaired) electrons. The SMILES string of the molecule is CCCCCOc1cc(-c2ccccc2)ccc1OCc1ccccc1. The Labute approximate surface area is 156 Å². The van der Waals surface area contributed by atoms with Gasteiger partial charge in [-0.25, -0.2) is 0 Å². The Balaban J connectivity index is 1.77. The molecule has 0 fully saturated rings. The van der Waals surface area contributed by atoms with E-state index in [1.54, 1.807) is 0 Å². The van der Waals surface area contributed by atoms with Crippen LogP contribution in [0.25, 0.3) is 11.1 Å². The number of ether oxygens (including phenoxy) is 2. The summed E-state index contributed by atoms with van der Waals surface area (Å²) in [7, 11) is 0. The van der Waals surface area contributed by atoms with Gasteiger partial charge in [-0.3, -0.25) is 0 Å². The molecule has 0 unspecified atom stereocenters. The molecule has 3 aromatic rings. The van der Waals surface area contributed by atoms with Crippen LogP contribution in [0, 0.1) is 0 Å². The topological polar surface area (TPSA) is 18.5 Å². The molecule has 2 heteroatoms. The van der Waals surface area contributed by atoms with Crippen LogP contribution in [0.2, 0.25) is 0 Å². The van der Waals surface area contributed by atoms with Crippen molar-refractivity contribution in [3.05, 3.63) is 84.4 Å². The van der Waals surface area contributed by atoms with E-state index < -0.39 is 0 Å². The Morgan fingerprint density at radius 1 is 0.654 bits per heavy atom. The van der Waals surface area contributed by atoms with Crippen molar-refractivity contribution in [1.82, 2.24) is 0 Å². The summed E-state index contributed by atoms with van der Waals surface area (Å²) in [5.41, 5.74) is 3.47. The average Bonchev–Trinajstić information content (AvgIpc) is 2.71. The van der Waals surface area contributed by atoms with Crippen molar-refractivity contribution in [1.29, 1.82) is 0 Å². The quantitative estimate of drug-likeness (QED) is 0.412. The molecule has 0 heterocycles. The molecule has 0 spiro atoms. The highest BCUT2D eigenvalue weighted by Crippen LogP contribution is 2.33. The van der Waals surface area contributed by atoms with Crippen LogP contribution in [-0.4, -0.2) is 6.61 Å². The van der Waals surface area contributed by atoms with Gasteiger partial charge in [0.1, 0.15) is 6.61 Å². The predicted molar refractivity (Wildman–Crippen MR) is 108 cm³/mol. The van der Waals surface area contributed by atoms with E-state index in [-0.39, 0.29) is 0 Å². The van der Waals surface area contributed by atoms with E-state index in [9.17, 15) is 0 Å². The van der Waals surface area contributed by atoms with Gasteiger partial charge in [-0.1, -0.05) is 86.5 Å². The highest BCUT2D eigenvalue weighted by molar-refractivity contribution is 5.67. The fourth-order valence-corrected chi connectivity index (χ4v) is 2.82. The summed E-state index contributed by atoms with van der Waals surface area (Å²) in [5, 5.41) is 0. The summed E-state index contributed by atoms with van der Waals surface area (Å²) in [6.45, 7) is 3.45. The molecule has 0 aliphatic rings. The molecule has 0 bridgehead atoms. The molecule has 0 aromatic heterocycles. The molecule has 134 valence electrons. The smallest absolute Gasteiger partial charge is 0.161 e. The van der Waals surface area contributed by atoms with Crippen LogP contribution in [-0.2, 0) is 6.61 Å². The molecule has 0 atom stereocenters. The minimum absolute atomic E-state index is 0.539. The van der Waals surface area contributed by atoms with Crippen molar-refractivity contribution in [3.8, 4) is 22.6 Å². The predicted octanol–water partition coefficient (Wildman–Crippen LogP) is 6.50. The summed E-state index contributed by atoms with van der Waals surface area (Å²) >= 11 is 0. The zero-order chi connectivity index (χ0) is 18.0. The maximum absolute atomic E-state index is 6.06. The van der Waals surface area contributed by atoms with Crippen LogP contribution < -0.4 is 9.47 Å². The molecule has 26 heavy (non-hydrogen) atoms. The fraction of sp³-hybridized carbons (Fsp3) is 0.250. The highest BCUT2D eigenvalue weighted by atomic mass is 16.5. The normalized spacial score (nSPS) is 10.5. The number of benzene rings is 3. The summed E-state index contributed by atoms with van der Waals surface area (Å²) in [6, 6.07) is 26.8. The van der Waals surface area contributed by atoms with E-state index in [1.165, 1.54) is 18.4 Å². The van der Waals surface area contributed by atoms with Crippen molar-refractivity contribution < 1.29 is 9.47 Å². The second-order valence-corrected chi connectivity index (χ2v) is 6.36. The van der Waals surface area contributed by atoms with Crippen LogP contribution in [0.5, 0.6) is 11.5 Å². The number of rotatable bonds is 9. The van der Waals surface area contributed by atoms with Gasteiger partial charge in [0.15, 0.2) is 11.5 Å². The van der Waals surface area contributed by atoms with Gasteiger partial charge in [0.2, 0.25) is 0 Å². The first-order chi connectivity index (χ1) is 12.9. The molecule has 0 aliphatic carbocycles. The minimum Gasteiger partial charge on any atom is -0.490 e. The van der Waals surface area contributed by atoms with E-state index in [0.29, 0.717) is 13.2 Å². The first-order valence-electron chi connectivity index (χ1n) is 9.36. The van der Waals surface area contributed by atoms with Gasteiger partial charge in [-0.15, -0.1) is 0 Å². The maximum Gasteiger partial charge on any atom is 0.161 e. The van der Waals surface area contributed by atoms with Crippen molar-refractivity contribution in [3.63, 3.8) is 0 Å². The molecule has 0 saturated carbocycles. The van der Waals surface area contributed by atoms with Gasteiger partial charge in [-0.05, 0) is 35.2 Å². The van der Waals surface area contributed by atoms with Crippen LogP contribution in [0.1, 0.15) is 31.7 Å². The maximum atomic E-state index is 6.06. The molecule has 0 aliphatic heterocycles. The molecule has 0 N–H and O–H groups in total. The minimum atomic E-state index is 0.539. The van der Waals surface area contributed by atoms with Crippen molar-refractivity contribution in [2.75, 3.05) is 6.61 Å². The second-order valence-electron chi connectivity index (χ2n) is 6.36. The summed E-state index contributed by atoms with van der Waals surface area (Å²) in [6.07, 6.45) is 3.42. The summed E-state index contributed by atoms with van der Waals surface area (Å²) in [4.78, 5) is 0. The summed E-state index contributed by atoms with van der Waals surface area (Å²) in [5.74, 6) is 1.61. The number of hydrogen-bond acceptors (Lipinski definition) is 2. The second kappa shape index (κ2) is 9.67. The lowest BCUT2D eigenvalue weighted by Gasteiger charge is -2.14. The van der Waals surface area contributed by atoms with Crippen LogP contribution in [0.3, 0.4) is 0 Å². The fourth-order valence-electron chi connectivity index (χ4n) is 2.82. The first-order valence-corrected chi connectivity index (χ1v) is 9.36. The monoisotopic (exact) mass is 346 g/mol. The zero-order valence-electron chi connectivity index (χ0n) is 15.4. The molecule has 0 saturated heterocycles. The molecule has 2 nitrogen and oxygen atoms in total. The molecular weight excluding hydrogens is 320 g/mol. The van der Waals surface area contributed by atoms with Crippen molar-refractivity contribution >= 4 is 0 Å². The van der Waals surface area contributed by atoms with Gasteiger partial charge >= 0.3 is 0 Å². The molecular formula is C24H26O2. The van der Waals surface area contributed by atoms with Crippen LogP contribution >= 0.6 is 0 Å². The average molecular weight is 346 g/mol. The van der Waals surface area contributed by atoms with Gasteiger partial charge in [0.05, 0.1) is 6.61 Å². The third kappa shape index (κ3) is 5.13. The first kappa shape index (κ1) is 18.1. The number of hydrogen-bond donors (Lipinski definition) is 0. The van der Waals surface area contributed by atoms with Crippen LogP contribution in [0.4, 0.5) is 0 Å². The molecule has 0 amide bonds. The summed E-state index contributed by atoms with van der Waals surface area (Å²) < 4.78 is 12.1. The van der Waals surface area contributed by atoms with Gasteiger partial charge < -0.3 is 9.47 Å². The van der Waals surface area contributed by atoms with Crippen molar-refractivity contribution in [2.24, 2.45) is 0 Å². The van der Waals surface area contributed by atoms with Gasteiger partial charge in [-0.2, -0.15) is 0 Å². The van der Waals surface area contributed by atoms with E-state index in [1.807, 2.05) is 30.3 Å². The lowest BCUT2D eigenvalue weighted by atomic mass is 10.1. The van der Waals surface area contributed by atoms with E-state index >= 15 is 0 Å². The Bertz CT molecular complexity index is 782. The Hall–Kier alpha value is -2.74. The van der Waals surface area contributed by atoms with E-state index in [4.69, 9.17) is 9.47 Å². The third-order valence-electron chi connectivity index (χ3n) is 4.29. The Morgan fingerprint density at radius 3 is 2.12 bits per heavy atom.